The highest BCUT2D eigenvalue weighted by Crippen LogP contribution is 2.25. The fourth-order valence-electron chi connectivity index (χ4n) is 1.25. The first kappa shape index (κ1) is 10.7. The van der Waals surface area contributed by atoms with Crippen LogP contribution < -0.4 is 0 Å². The van der Waals surface area contributed by atoms with Gasteiger partial charge in [0.25, 0.3) is 0 Å². The predicted octanol–water partition coefficient (Wildman–Crippen LogP) is 3.72. The van der Waals surface area contributed by atoms with Crippen LogP contribution in [0.3, 0.4) is 0 Å². The van der Waals surface area contributed by atoms with E-state index in [1.165, 1.54) is 16.8 Å². The molecule has 0 bridgehead atoms. The first-order valence-electron chi connectivity index (χ1n) is 4.26. The van der Waals surface area contributed by atoms with E-state index in [9.17, 15) is 4.39 Å². The SMILES string of the molecule is [N-]=[N+]=Nc1cc(F)ccc1-n1cc(Br)cn1. The summed E-state index contributed by atoms with van der Waals surface area (Å²) in [6.45, 7) is 0. The molecule has 0 saturated heterocycles. The van der Waals surface area contributed by atoms with E-state index in [1.54, 1.807) is 12.4 Å². The molecule has 1 heterocycles. The maximum atomic E-state index is 13.0. The van der Waals surface area contributed by atoms with Crippen molar-refractivity contribution < 1.29 is 4.39 Å². The van der Waals surface area contributed by atoms with Crippen molar-refractivity contribution in [2.75, 3.05) is 0 Å². The molecular formula is C9H5BrFN5. The van der Waals surface area contributed by atoms with Gasteiger partial charge in [-0.2, -0.15) is 5.10 Å². The third-order valence-corrected chi connectivity index (χ3v) is 2.30. The number of hydrogen-bond acceptors (Lipinski definition) is 2. The summed E-state index contributed by atoms with van der Waals surface area (Å²) in [5.41, 5.74) is 9.10. The molecule has 5 nitrogen and oxygen atoms in total. The number of nitrogens with zero attached hydrogens (tertiary/aromatic N) is 5. The van der Waals surface area contributed by atoms with Crippen molar-refractivity contribution in [3.05, 3.63) is 51.3 Å². The van der Waals surface area contributed by atoms with Crippen molar-refractivity contribution in [3.8, 4) is 5.69 Å². The van der Waals surface area contributed by atoms with E-state index >= 15 is 0 Å². The molecule has 0 radical (unpaired) electrons. The Morgan fingerprint density at radius 3 is 2.94 bits per heavy atom. The lowest BCUT2D eigenvalue weighted by atomic mass is 10.2. The van der Waals surface area contributed by atoms with Gasteiger partial charge in [0, 0.05) is 11.1 Å². The molecule has 2 rings (SSSR count). The minimum atomic E-state index is -0.461. The highest BCUT2D eigenvalue weighted by Gasteiger charge is 2.05. The van der Waals surface area contributed by atoms with E-state index in [-0.39, 0.29) is 5.69 Å². The largest absolute Gasteiger partial charge is 0.239 e. The van der Waals surface area contributed by atoms with E-state index < -0.39 is 5.82 Å². The van der Waals surface area contributed by atoms with E-state index in [4.69, 9.17) is 5.53 Å². The van der Waals surface area contributed by atoms with Crippen LogP contribution in [0.1, 0.15) is 0 Å². The van der Waals surface area contributed by atoms with Gasteiger partial charge in [0.1, 0.15) is 5.82 Å². The van der Waals surface area contributed by atoms with Crippen LogP contribution in [0, 0.1) is 5.82 Å². The summed E-state index contributed by atoms with van der Waals surface area (Å²) >= 11 is 3.25. The molecule has 0 amide bonds. The van der Waals surface area contributed by atoms with Crippen LogP contribution in [0.5, 0.6) is 0 Å². The van der Waals surface area contributed by atoms with Gasteiger partial charge in [0.05, 0.1) is 22.0 Å². The average Bonchev–Trinajstić information content (AvgIpc) is 2.65. The molecule has 0 spiro atoms. The molecule has 0 unspecified atom stereocenters. The lowest BCUT2D eigenvalue weighted by Gasteiger charge is -2.04. The Labute approximate surface area is 98.3 Å². The molecule has 0 aliphatic carbocycles. The van der Waals surface area contributed by atoms with Crippen LogP contribution >= 0.6 is 15.9 Å². The Kier molecular flexibility index (Phi) is 2.89. The summed E-state index contributed by atoms with van der Waals surface area (Å²) in [5.74, 6) is -0.461. The third-order valence-electron chi connectivity index (χ3n) is 1.89. The number of rotatable bonds is 2. The molecule has 7 heteroatoms. The lowest BCUT2D eigenvalue weighted by Crippen LogP contribution is -1.94. The van der Waals surface area contributed by atoms with E-state index in [1.807, 2.05) is 0 Å². The number of aromatic nitrogens is 2. The normalized spacial score (nSPS) is 9.88. The zero-order valence-corrected chi connectivity index (χ0v) is 9.46. The minimum Gasteiger partial charge on any atom is -0.239 e. The molecule has 0 aliphatic heterocycles. The topological polar surface area (TPSA) is 66.6 Å². The van der Waals surface area contributed by atoms with Gasteiger partial charge >= 0.3 is 0 Å². The molecule has 2 aromatic rings. The summed E-state index contributed by atoms with van der Waals surface area (Å²) < 4.78 is 15.2. The third kappa shape index (κ3) is 2.05. The second-order valence-electron chi connectivity index (χ2n) is 2.93. The fraction of sp³-hybridized carbons (Fsp3) is 0. The molecule has 16 heavy (non-hydrogen) atoms. The molecule has 0 atom stereocenters. The summed E-state index contributed by atoms with van der Waals surface area (Å²) in [4.78, 5) is 2.65. The molecule has 80 valence electrons. The zero-order valence-electron chi connectivity index (χ0n) is 7.88. The Bertz CT molecular complexity index is 573. The lowest BCUT2D eigenvalue weighted by molar-refractivity contribution is 0.627. The molecule has 1 aromatic carbocycles. The molecule has 0 aliphatic rings. The smallest absolute Gasteiger partial charge is 0.123 e. The van der Waals surface area contributed by atoms with Crippen LogP contribution in [0.25, 0.3) is 16.1 Å². The van der Waals surface area contributed by atoms with Gasteiger partial charge in [-0.1, -0.05) is 5.11 Å². The summed E-state index contributed by atoms with van der Waals surface area (Å²) in [5, 5.41) is 7.44. The molecular weight excluding hydrogens is 277 g/mol. The van der Waals surface area contributed by atoms with Crippen molar-refractivity contribution >= 4 is 21.6 Å². The zero-order chi connectivity index (χ0) is 11.5. The second kappa shape index (κ2) is 4.34. The quantitative estimate of drug-likeness (QED) is 0.470. The van der Waals surface area contributed by atoms with E-state index in [0.717, 1.165) is 10.5 Å². The summed E-state index contributed by atoms with van der Waals surface area (Å²) in [7, 11) is 0. The summed E-state index contributed by atoms with van der Waals surface area (Å²) in [6, 6.07) is 3.94. The highest BCUT2D eigenvalue weighted by molar-refractivity contribution is 9.10. The molecule has 0 fully saturated rings. The van der Waals surface area contributed by atoms with Gasteiger partial charge in [-0.25, -0.2) is 9.07 Å². The van der Waals surface area contributed by atoms with Gasteiger partial charge in [-0.3, -0.25) is 0 Å². The van der Waals surface area contributed by atoms with Gasteiger partial charge in [0.2, 0.25) is 0 Å². The van der Waals surface area contributed by atoms with Crippen molar-refractivity contribution in [2.24, 2.45) is 5.11 Å². The number of halogens is 2. The second-order valence-corrected chi connectivity index (χ2v) is 3.84. The van der Waals surface area contributed by atoms with E-state index in [0.29, 0.717) is 5.69 Å². The Hall–Kier alpha value is -1.85. The standard InChI is InChI=1S/C9H5BrFN5/c10-6-4-13-16(5-6)9-2-1-7(11)3-8(9)14-15-12/h1-5H. The molecule has 1 aromatic heterocycles. The monoisotopic (exact) mass is 281 g/mol. The Morgan fingerprint density at radius 1 is 1.50 bits per heavy atom. The average molecular weight is 282 g/mol. The van der Waals surface area contributed by atoms with Crippen molar-refractivity contribution in [2.45, 2.75) is 0 Å². The summed E-state index contributed by atoms with van der Waals surface area (Å²) in [6.07, 6.45) is 3.27. The van der Waals surface area contributed by atoms with Crippen LogP contribution in [-0.4, -0.2) is 9.78 Å². The van der Waals surface area contributed by atoms with Gasteiger partial charge in [-0.05, 0) is 39.7 Å². The van der Waals surface area contributed by atoms with Crippen molar-refractivity contribution in [1.29, 1.82) is 0 Å². The van der Waals surface area contributed by atoms with Gasteiger partial charge < -0.3 is 0 Å². The maximum Gasteiger partial charge on any atom is 0.123 e. The van der Waals surface area contributed by atoms with Crippen molar-refractivity contribution in [3.63, 3.8) is 0 Å². The molecule has 0 saturated carbocycles. The number of hydrogen-bond donors (Lipinski definition) is 0. The maximum absolute atomic E-state index is 13.0. The minimum absolute atomic E-state index is 0.193. The van der Waals surface area contributed by atoms with Crippen LogP contribution in [0.15, 0.2) is 40.2 Å². The van der Waals surface area contributed by atoms with Crippen LogP contribution in [0.4, 0.5) is 10.1 Å². The number of benzene rings is 1. The first-order chi connectivity index (χ1) is 7.70. The van der Waals surface area contributed by atoms with Gasteiger partial charge in [-0.15, -0.1) is 0 Å². The highest BCUT2D eigenvalue weighted by atomic mass is 79.9. The first-order valence-corrected chi connectivity index (χ1v) is 5.05. The van der Waals surface area contributed by atoms with Crippen molar-refractivity contribution in [1.82, 2.24) is 9.78 Å². The van der Waals surface area contributed by atoms with Crippen LogP contribution in [-0.2, 0) is 0 Å². The van der Waals surface area contributed by atoms with Crippen LogP contribution in [0.2, 0.25) is 0 Å². The predicted molar refractivity (Wildman–Crippen MR) is 60.0 cm³/mol. The number of azide groups is 1. The Balaban J connectivity index is 2.59. The fourth-order valence-corrected chi connectivity index (χ4v) is 1.54. The Morgan fingerprint density at radius 2 is 2.31 bits per heavy atom. The van der Waals surface area contributed by atoms with Gasteiger partial charge in [0.15, 0.2) is 0 Å². The van der Waals surface area contributed by atoms with E-state index in [2.05, 4.69) is 31.1 Å². The molecule has 0 N–H and O–H groups in total.